The first-order valence-electron chi connectivity index (χ1n) is 4.88. The molecule has 0 bridgehead atoms. The van der Waals surface area contributed by atoms with E-state index in [1.807, 2.05) is 11.3 Å². The van der Waals surface area contributed by atoms with Gasteiger partial charge in [0, 0.05) is 9.70 Å². The normalized spacial score (nSPS) is 33.9. The van der Waals surface area contributed by atoms with Crippen LogP contribution in [-0.2, 0) is 0 Å². The molecule has 0 saturated heterocycles. The maximum Gasteiger partial charge on any atom is 0.0177 e. The fourth-order valence-electron chi connectivity index (χ4n) is 2.25. The first-order chi connectivity index (χ1) is 6.20. The van der Waals surface area contributed by atoms with Gasteiger partial charge in [-0.1, -0.05) is 22.9 Å². The van der Waals surface area contributed by atoms with E-state index in [0.29, 0.717) is 0 Å². The van der Waals surface area contributed by atoms with Gasteiger partial charge in [0.2, 0.25) is 0 Å². The Bertz CT molecular complexity index is 292. The molecule has 0 N–H and O–H groups in total. The Morgan fingerprint density at radius 3 is 2.69 bits per heavy atom. The Hall–Kier alpha value is 0.180. The molecule has 1 aliphatic carbocycles. The third-order valence-electron chi connectivity index (χ3n) is 3.20. The minimum atomic E-state index is 0.735. The van der Waals surface area contributed by atoms with E-state index >= 15 is 0 Å². The van der Waals surface area contributed by atoms with Gasteiger partial charge in [0.25, 0.3) is 0 Å². The summed E-state index contributed by atoms with van der Waals surface area (Å²) in [5, 5.41) is 2.22. The molecule has 1 aliphatic rings. The lowest BCUT2D eigenvalue weighted by molar-refractivity contribution is 0.550. The Labute approximate surface area is 92.5 Å². The molecule has 0 aromatic carbocycles. The van der Waals surface area contributed by atoms with E-state index in [4.69, 9.17) is 0 Å². The van der Waals surface area contributed by atoms with Crippen LogP contribution in [-0.4, -0.2) is 4.83 Å². The van der Waals surface area contributed by atoms with Gasteiger partial charge < -0.3 is 0 Å². The van der Waals surface area contributed by atoms with E-state index in [0.717, 1.165) is 16.7 Å². The van der Waals surface area contributed by atoms with Crippen LogP contribution >= 0.6 is 27.3 Å². The highest BCUT2D eigenvalue weighted by Gasteiger charge is 2.33. The summed E-state index contributed by atoms with van der Waals surface area (Å²) in [7, 11) is 0. The van der Waals surface area contributed by atoms with Gasteiger partial charge in [-0.15, -0.1) is 11.3 Å². The standard InChI is InChI=1S/C11H15BrS/c1-7-5-6-13-11(7)9-3-4-10(12)8(9)2/h5-6,8-10H,3-4H2,1-2H3. The minimum absolute atomic E-state index is 0.735. The second kappa shape index (κ2) is 3.74. The van der Waals surface area contributed by atoms with E-state index in [9.17, 15) is 0 Å². The molecule has 0 nitrogen and oxygen atoms in total. The van der Waals surface area contributed by atoms with Crippen molar-refractivity contribution in [3.63, 3.8) is 0 Å². The Morgan fingerprint density at radius 2 is 2.23 bits per heavy atom. The van der Waals surface area contributed by atoms with Crippen molar-refractivity contribution in [1.82, 2.24) is 0 Å². The van der Waals surface area contributed by atoms with Gasteiger partial charge >= 0.3 is 0 Å². The fraction of sp³-hybridized carbons (Fsp3) is 0.636. The van der Waals surface area contributed by atoms with E-state index in [-0.39, 0.29) is 0 Å². The summed E-state index contributed by atoms with van der Waals surface area (Å²) in [5.74, 6) is 1.61. The summed E-state index contributed by atoms with van der Waals surface area (Å²) in [6.07, 6.45) is 2.70. The molecule has 1 heterocycles. The molecule has 0 amide bonds. The van der Waals surface area contributed by atoms with Crippen molar-refractivity contribution in [3.8, 4) is 0 Å². The quantitative estimate of drug-likeness (QED) is 0.658. The van der Waals surface area contributed by atoms with Crippen LogP contribution < -0.4 is 0 Å². The first kappa shape index (κ1) is 9.72. The molecule has 1 aromatic heterocycles. The van der Waals surface area contributed by atoms with Crippen LogP contribution in [0.15, 0.2) is 11.4 Å². The molecule has 72 valence electrons. The molecule has 3 atom stereocenters. The Balaban J connectivity index is 2.23. The first-order valence-corrected chi connectivity index (χ1v) is 6.67. The molecule has 0 spiro atoms. The molecule has 13 heavy (non-hydrogen) atoms. The lowest BCUT2D eigenvalue weighted by Gasteiger charge is -2.16. The van der Waals surface area contributed by atoms with E-state index in [1.54, 1.807) is 4.88 Å². The van der Waals surface area contributed by atoms with Crippen molar-refractivity contribution in [2.45, 2.75) is 37.4 Å². The highest BCUT2D eigenvalue weighted by molar-refractivity contribution is 9.09. The molecular weight excluding hydrogens is 244 g/mol. The van der Waals surface area contributed by atoms with Crippen molar-refractivity contribution in [2.75, 3.05) is 0 Å². The topological polar surface area (TPSA) is 0 Å². The third-order valence-corrected chi connectivity index (χ3v) is 5.64. The molecule has 3 unspecified atom stereocenters. The number of hydrogen-bond acceptors (Lipinski definition) is 1. The summed E-state index contributed by atoms with van der Waals surface area (Å²) in [6, 6.07) is 2.24. The maximum atomic E-state index is 3.76. The molecular formula is C11H15BrS. The highest BCUT2D eigenvalue weighted by atomic mass is 79.9. The second-order valence-electron chi connectivity index (χ2n) is 4.03. The van der Waals surface area contributed by atoms with Gasteiger partial charge in [0.15, 0.2) is 0 Å². The number of hydrogen-bond donors (Lipinski definition) is 0. The van der Waals surface area contributed by atoms with Gasteiger partial charge in [-0.3, -0.25) is 0 Å². The van der Waals surface area contributed by atoms with Crippen LogP contribution in [0.1, 0.15) is 36.1 Å². The van der Waals surface area contributed by atoms with Crippen molar-refractivity contribution in [2.24, 2.45) is 5.92 Å². The zero-order valence-electron chi connectivity index (χ0n) is 8.09. The van der Waals surface area contributed by atoms with Crippen LogP contribution in [0, 0.1) is 12.8 Å². The van der Waals surface area contributed by atoms with Crippen LogP contribution in [0.4, 0.5) is 0 Å². The predicted octanol–water partition coefficient (Wildman–Crippen LogP) is 4.33. The monoisotopic (exact) mass is 258 g/mol. The zero-order chi connectivity index (χ0) is 9.42. The number of thiophene rings is 1. The van der Waals surface area contributed by atoms with Crippen molar-refractivity contribution in [3.05, 3.63) is 21.9 Å². The smallest absolute Gasteiger partial charge is 0.0177 e. The molecule has 1 fully saturated rings. The van der Waals surface area contributed by atoms with E-state index < -0.39 is 0 Å². The summed E-state index contributed by atoms with van der Waals surface area (Å²) >= 11 is 5.69. The second-order valence-corrected chi connectivity index (χ2v) is 6.15. The zero-order valence-corrected chi connectivity index (χ0v) is 10.5. The van der Waals surface area contributed by atoms with Gasteiger partial charge in [0.05, 0.1) is 0 Å². The minimum Gasteiger partial charge on any atom is -0.148 e. The molecule has 0 aliphatic heterocycles. The van der Waals surface area contributed by atoms with Crippen molar-refractivity contribution >= 4 is 27.3 Å². The largest absolute Gasteiger partial charge is 0.148 e. The van der Waals surface area contributed by atoms with Crippen LogP contribution in [0.3, 0.4) is 0 Å². The van der Waals surface area contributed by atoms with E-state index in [2.05, 4.69) is 41.2 Å². The molecule has 0 radical (unpaired) electrons. The Morgan fingerprint density at radius 1 is 1.46 bits per heavy atom. The van der Waals surface area contributed by atoms with Gasteiger partial charge in [-0.25, -0.2) is 0 Å². The molecule has 1 saturated carbocycles. The molecule has 2 heteroatoms. The molecule has 2 rings (SSSR count). The van der Waals surface area contributed by atoms with Gasteiger partial charge in [-0.05, 0) is 48.6 Å². The number of aryl methyl sites for hydroxylation is 1. The number of halogens is 1. The van der Waals surface area contributed by atoms with Crippen molar-refractivity contribution < 1.29 is 0 Å². The summed E-state index contributed by atoms with van der Waals surface area (Å²) < 4.78 is 0. The predicted molar refractivity (Wildman–Crippen MR) is 62.9 cm³/mol. The van der Waals surface area contributed by atoms with Gasteiger partial charge in [0.1, 0.15) is 0 Å². The lowest BCUT2D eigenvalue weighted by atomic mass is 9.94. The highest BCUT2D eigenvalue weighted by Crippen LogP contribution is 2.45. The van der Waals surface area contributed by atoms with E-state index in [1.165, 1.54) is 18.4 Å². The van der Waals surface area contributed by atoms with Crippen LogP contribution in [0.2, 0.25) is 0 Å². The number of alkyl halides is 1. The number of rotatable bonds is 1. The average Bonchev–Trinajstić information content (AvgIpc) is 2.62. The third kappa shape index (κ3) is 1.71. The van der Waals surface area contributed by atoms with Gasteiger partial charge in [-0.2, -0.15) is 0 Å². The summed E-state index contributed by atoms with van der Waals surface area (Å²) in [6.45, 7) is 4.61. The SMILES string of the molecule is Cc1ccsc1C1CCC(Br)C1C. The summed E-state index contributed by atoms with van der Waals surface area (Å²) in [4.78, 5) is 2.36. The van der Waals surface area contributed by atoms with Crippen LogP contribution in [0.5, 0.6) is 0 Å². The summed E-state index contributed by atoms with van der Waals surface area (Å²) in [5.41, 5.74) is 1.49. The average molecular weight is 259 g/mol. The van der Waals surface area contributed by atoms with Crippen LogP contribution in [0.25, 0.3) is 0 Å². The maximum absolute atomic E-state index is 3.76. The van der Waals surface area contributed by atoms with Crippen molar-refractivity contribution in [1.29, 1.82) is 0 Å². The lowest BCUT2D eigenvalue weighted by Crippen LogP contribution is -2.08. The molecule has 1 aromatic rings. The fourth-order valence-corrected chi connectivity index (χ4v) is 4.06. The Kier molecular flexibility index (Phi) is 2.80.